The van der Waals surface area contributed by atoms with Gasteiger partial charge in [-0.1, -0.05) is 24.1 Å². The number of carbonyl (C=O) groups is 2. The summed E-state index contributed by atoms with van der Waals surface area (Å²) < 4.78 is 0. The minimum absolute atomic E-state index is 0.0411. The third-order valence-electron chi connectivity index (χ3n) is 6.43. The predicted molar refractivity (Wildman–Crippen MR) is 94.4 cm³/mol. The van der Waals surface area contributed by atoms with Crippen molar-refractivity contribution in [2.45, 2.75) is 26.2 Å². The molecule has 1 saturated carbocycles. The molecule has 2 atom stereocenters. The summed E-state index contributed by atoms with van der Waals surface area (Å²) in [4.78, 5) is 29.0. The van der Waals surface area contributed by atoms with E-state index in [1.54, 1.807) is 4.90 Å². The summed E-state index contributed by atoms with van der Waals surface area (Å²) in [6.07, 6.45) is 3.86. The van der Waals surface area contributed by atoms with Crippen LogP contribution in [0.4, 0.5) is 0 Å². The van der Waals surface area contributed by atoms with Crippen molar-refractivity contribution in [1.82, 2.24) is 9.80 Å². The number of benzene rings is 1. The molecule has 0 spiro atoms. The van der Waals surface area contributed by atoms with E-state index < -0.39 is 11.4 Å². The van der Waals surface area contributed by atoms with Crippen LogP contribution >= 0.6 is 0 Å². The molecule has 1 unspecified atom stereocenters. The molecule has 25 heavy (non-hydrogen) atoms. The summed E-state index contributed by atoms with van der Waals surface area (Å²) in [5.41, 5.74) is 0.977. The van der Waals surface area contributed by atoms with Crippen LogP contribution in [0.1, 0.15) is 35.2 Å². The van der Waals surface area contributed by atoms with E-state index in [-0.39, 0.29) is 11.8 Å². The number of nitrogens with zero attached hydrogens (tertiary/aromatic N) is 2. The van der Waals surface area contributed by atoms with Crippen LogP contribution in [0.3, 0.4) is 0 Å². The second-order valence-corrected chi connectivity index (χ2v) is 8.20. The van der Waals surface area contributed by atoms with Crippen molar-refractivity contribution in [2.75, 3.05) is 32.7 Å². The van der Waals surface area contributed by atoms with Crippen LogP contribution in [0.25, 0.3) is 0 Å². The van der Waals surface area contributed by atoms with Crippen LogP contribution in [0, 0.1) is 24.2 Å². The molecule has 1 amide bonds. The molecule has 3 aliphatic rings. The molecule has 5 heteroatoms. The van der Waals surface area contributed by atoms with Crippen LogP contribution in [0.2, 0.25) is 0 Å². The molecule has 1 aromatic rings. The third-order valence-corrected chi connectivity index (χ3v) is 6.43. The van der Waals surface area contributed by atoms with Gasteiger partial charge in [-0.15, -0.1) is 0 Å². The second kappa shape index (κ2) is 6.13. The van der Waals surface area contributed by atoms with Gasteiger partial charge in [-0.2, -0.15) is 0 Å². The number of carbonyl (C=O) groups excluding carboxylic acids is 1. The Morgan fingerprint density at radius 2 is 1.88 bits per heavy atom. The van der Waals surface area contributed by atoms with Crippen molar-refractivity contribution in [3.63, 3.8) is 0 Å². The SMILES string of the molecule is Cc1ccc(C(=O)N2CC3CN(CC4CCC4)C[C@@]3(C(=O)O)C2)cc1. The van der Waals surface area contributed by atoms with E-state index >= 15 is 0 Å². The Morgan fingerprint density at radius 3 is 2.44 bits per heavy atom. The van der Waals surface area contributed by atoms with Gasteiger partial charge in [0.05, 0.1) is 0 Å². The van der Waals surface area contributed by atoms with Crippen molar-refractivity contribution in [3.8, 4) is 0 Å². The van der Waals surface area contributed by atoms with E-state index in [4.69, 9.17) is 0 Å². The number of carboxylic acids is 1. The van der Waals surface area contributed by atoms with Crippen LogP contribution in [-0.4, -0.2) is 59.5 Å². The molecule has 2 saturated heterocycles. The standard InChI is InChI=1S/C20H26N2O3/c1-14-5-7-16(8-6-14)18(23)22-11-17-10-21(9-15-3-2-4-15)12-20(17,13-22)19(24)25/h5-8,15,17H,2-4,9-13H2,1H3,(H,24,25)/t17?,20-/m1/s1. The number of hydrogen-bond acceptors (Lipinski definition) is 3. The fraction of sp³-hybridized carbons (Fsp3) is 0.600. The monoisotopic (exact) mass is 342 g/mol. The van der Waals surface area contributed by atoms with E-state index in [2.05, 4.69) is 4.90 Å². The Morgan fingerprint density at radius 1 is 1.16 bits per heavy atom. The molecule has 0 radical (unpaired) electrons. The first-order chi connectivity index (χ1) is 12.0. The largest absolute Gasteiger partial charge is 0.481 e. The second-order valence-electron chi connectivity index (χ2n) is 8.20. The predicted octanol–water partition coefficient (Wildman–Crippen LogP) is 2.25. The van der Waals surface area contributed by atoms with E-state index in [0.29, 0.717) is 25.2 Å². The minimum atomic E-state index is -0.788. The topological polar surface area (TPSA) is 60.9 Å². The average molecular weight is 342 g/mol. The van der Waals surface area contributed by atoms with Gasteiger partial charge in [-0.25, -0.2) is 0 Å². The minimum Gasteiger partial charge on any atom is -0.481 e. The highest BCUT2D eigenvalue weighted by atomic mass is 16.4. The lowest BCUT2D eigenvalue weighted by molar-refractivity contribution is -0.148. The molecule has 0 aromatic heterocycles. The fourth-order valence-corrected chi connectivity index (χ4v) is 4.68. The quantitative estimate of drug-likeness (QED) is 0.912. The number of aryl methyl sites for hydroxylation is 1. The molecule has 3 fully saturated rings. The van der Waals surface area contributed by atoms with Crippen molar-refractivity contribution in [2.24, 2.45) is 17.3 Å². The smallest absolute Gasteiger partial charge is 0.313 e. The van der Waals surface area contributed by atoms with Crippen LogP contribution in [0.15, 0.2) is 24.3 Å². The molecule has 1 aromatic carbocycles. The zero-order valence-corrected chi connectivity index (χ0v) is 14.8. The van der Waals surface area contributed by atoms with Gasteiger partial charge in [-0.05, 0) is 37.8 Å². The Bertz CT molecular complexity index is 683. The summed E-state index contributed by atoms with van der Waals surface area (Å²) in [5.74, 6) is 0.00261. The zero-order chi connectivity index (χ0) is 17.6. The summed E-state index contributed by atoms with van der Waals surface area (Å²) in [6, 6.07) is 7.53. The van der Waals surface area contributed by atoms with Crippen molar-refractivity contribution in [3.05, 3.63) is 35.4 Å². The number of carboxylic acid groups (broad SMARTS) is 1. The van der Waals surface area contributed by atoms with Gasteiger partial charge in [0.15, 0.2) is 0 Å². The zero-order valence-electron chi connectivity index (χ0n) is 14.8. The van der Waals surface area contributed by atoms with Gasteiger partial charge in [0.25, 0.3) is 5.91 Å². The van der Waals surface area contributed by atoms with Crippen molar-refractivity contribution >= 4 is 11.9 Å². The maximum Gasteiger partial charge on any atom is 0.313 e. The van der Waals surface area contributed by atoms with Crippen molar-refractivity contribution in [1.29, 1.82) is 0 Å². The Balaban J connectivity index is 1.48. The van der Waals surface area contributed by atoms with Crippen LogP contribution < -0.4 is 0 Å². The number of amides is 1. The summed E-state index contributed by atoms with van der Waals surface area (Å²) >= 11 is 0. The van der Waals surface area contributed by atoms with Crippen LogP contribution in [0.5, 0.6) is 0 Å². The first kappa shape index (κ1) is 16.6. The Labute approximate surface area is 148 Å². The number of fused-ring (bicyclic) bond motifs is 1. The van der Waals surface area contributed by atoms with Gasteiger partial charge in [0.1, 0.15) is 5.41 Å². The van der Waals surface area contributed by atoms with Gasteiger partial charge in [0.2, 0.25) is 0 Å². The van der Waals surface area contributed by atoms with Gasteiger partial charge in [-0.3, -0.25) is 9.59 Å². The maximum atomic E-state index is 12.8. The molecule has 4 rings (SSSR count). The fourth-order valence-electron chi connectivity index (χ4n) is 4.68. The first-order valence-corrected chi connectivity index (χ1v) is 9.29. The highest BCUT2D eigenvalue weighted by molar-refractivity contribution is 5.95. The lowest BCUT2D eigenvalue weighted by Gasteiger charge is -2.31. The maximum absolute atomic E-state index is 12.8. The van der Waals surface area contributed by atoms with Crippen LogP contribution in [-0.2, 0) is 4.79 Å². The van der Waals surface area contributed by atoms with E-state index in [1.807, 2.05) is 31.2 Å². The highest BCUT2D eigenvalue weighted by Gasteiger charge is 2.58. The Hall–Kier alpha value is -1.88. The molecule has 0 bridgehead atoms. The lowest BCUT2D eigenvalue weighted by atomic mass is 9.81. The number of aliphatic carboxylic acids is 1. The van der Waals surface area contributed by atoms with E-state index in [9.17, 15) is 14.7 Å². The van der Waals surface area contributed by atoms with Gasteiger partial charge >= 0.3 is 5.97 Å². The third kappa shape index (κ3) is 2.84. The molecular weight excluding hydrogens is 316 g/mol. The summed E-state index contributed by atoms with van der Waals surface area (Å²) in [6.45, 7) is 5.30. The van der Waals surface area contributed by atoms with E-state index in [0.717, 1.165) is 24.6 Å². The normalized spacial score (nSPS) is 29.5. The summed E-state index contributed by atoms with van der Waals surface area (Å²) in [5, 5.41) is 9.94. The Kier molecular flexibility index (Phi) is 4.07. The van der Waals surface area contributed by atoms with Crippen molar-refractivity contribution < 1.29 is 14.7 Å². The molecular formula is C20H26N2O3. The average Bonchev–Trinajstić information content (AvgIpc) is 3.06. The lowest BCUT2D eigenvalue weighted by Crippen LogP contribution is -2.43. The molecule has 134 valence electrons. The summed E-state index contributed by atoms with van der Waals surface area (Å²) in [7, 11) is 0. The van der Waals surface area contributed by atoms with E-state index in [1.165, 1.54) is 19.3 Å². The molecule has 1 N–H and O–H groups in total. The number of hydrogen-bond donors (Lipinski definition) is 1. The molecule has 2 heterocycles. The molecule has 2 aliphatic heterocycles. The molecule has 1 aliphatic carbocycles. The number of rotatable bonds is 4. The molecule has 5 nitrogen and oxygen atoms in total. The van der Waals surface area contributed by atoms with Gasteiger partial charge < -0.3 is 14.9 Å². The first-order valence-electron chi connectivity index (χ1n) is 9.29. The highest BCUT2D eigenvalue weighted by Crippen LogP contribution is 2.44. The number of likely N-dealkylation sites (tertiary alicyclic amines) is 2. The van der Waals surface area contributed by atoms with Gasteiger partial charge in [0, 0.05) is 44.2 Å².